The number of anilines is 1. The zero-order valence-corrected chi connectivity index (χ0v) is 13.5. The van der Waals surface area contributed by atoms with E-state index >= 15 is 0 Å². The van der Waals surface area contributed by atoms with Crippen LogP contribution in [0.2, 0.25) is 0 Å². The number of nitrogens with zero attached hydrogens (tertiary/aromatic N) is 1. The molecule has 0 spiro atoms. The van der Waals surface area contributed by atoms with Crippen molar-refractivity contribution in [3.63, 3.8) is 0 Å². The van der Waals surface area contributed by atoms with Crippen LogP contribution >= 0.6 is 0 Å². The molecule has 1 aromatic heterocycles. The topological polar surface area (TPSA) is 46.2 Å². The van der Waals surface area contributed by atoms with Crippen LogP contribution in [0.4, 0.5) is 5.82 Å². The number of hydrogen-bond acceptors (Lipinski definition) is 4. The number of methoxy groups -OCH3 is 1. The molecule has 1 atom stereocenters. The number of ether oxygens (including phenoxy) is 1. The maximum atomic E-state index is 5.26. The van der Waals surface area contributed by atoms with Crippen molar-refractivity contribution in [2.45, 2.75) is 52.7 Å². The molecule has 0 aliphatic rings. The summed E-state index contributed by atoms with van der Waals surface area (Å²) in [6.07, 6.45) is 1.33. The predicted molar refractivity (Wildman–Crippen MR) is 85.3 cm³/mol. The average molecular weight is 279 g/mol. The van der Waals surface area contributed by atoms with Gasteiger partial charge in [0.1, 0.15) is 5.82 Å². The lowest BCUT2D eigenvalue weighted by Crippen LogP contribution is -2.19. The first-order chi connectivity index (χ1) is 9.56. The van der Waals surface area contributed by atoms with E-state index in [2.05, 4.69) is 48.5 Å². The lowest BCUT2D eigenvalue weighted by atomic mass is 10.1. The van der Waals surface area contributed by atoms with Gasteiger partial charge in [-0.25, -0.2) is 4.98 Å². The van der Waals surface area contributed by atoms with E-state index in [1.54, 1.807) is 7.11 Å². The molecule has 0 saturated heterocycles. The Hall–Kier alpha value is -1.13. The van der Waals surface area contributed by atoms with Crippen LogP contribution in [0.1, 0.15) is 51.3 Å². The first-order valence-corrected chi connectivity index (χ1v) is 7.55. The first kappa shape index (κ1) is 16.9. The third-order valence-corrected chi connectivity index (χ3v) is 3.23. The molecule has 0 aliphatic heterocycles. The van der Waals surface area contributed by atoms with Gasteiger partial charge in [0, 0.05) is 25.9 Å². The van der Waals surface area contributed by atoms with Gasteiger partial charge in [0.15, 0.2) is 0 Å². The molecular weight excluding hydrogens is 250 g/mol. The van der Waals surface area contributed by atoms with E-state index in [0.29, 0.717) is 5.92 Å². The SMILES string of the molecule is CCCNCc1cc(NCC(C)OC)nc(C(C)C)c1. The van der Waals surface area contributed by atoms with Crippen LogP contribution in [-0.4, -0.2) is 31.3 Å². The Balaban J connectivity index is 2.76. The quantitative estimate of drug-likeness (QED) is 0.682. The van der Waals surface area contributed by atoms with Gasteiger partial charge in [-0.2, -0.15) is 0 Å². The highest BCUT2D eigenvalue weighted by Gasteiger charge is 2.07. The van der Waals surface area contributed by atoms with E-state index in [1.165, 1.54) is 5.56 Å². The van der Waals surface area contributed by atoms with Crippen LogP contribution in [-0.2, 0) is 11.3 Å². The third-order valence-electron chi connectivity index (χ3n) is 3.23. The molecule has 0 bridgehead atoms. The van der Waals surface area contributed by atoms with Crippen molar-refractivity contribution in [3.05, 3.63) is 23.4 Å². The molecule has 20 heavy (non-hydrogen) atoms. The van der Waals surface area contributed by atoms with Crippen molar-refractivity contribution in [2.24, 2.45) is 0 Å². The second-order valence-electron chi connectivity index (χ2n) is 5.54. The molecule has 0 aliphatic carbocycles. The largest absolute Gasteiger partial charge is 0.380 e. The summed E-state index contributed by atoms with van der Waals surface area (Å²) in [5.41, 5.74) is 2.41. The van der Waals surface area contributed by atoms with Gasteiger partial charge in [-0.15, -0.1) is 0 Å². The molecule has 0 aromatic carbocycles. The van der Waals surface area contributed by atoms with Crippen LogP contribution in [0.5, 0.6) is 0 Å². The lowest BCUT2D eigenvalue weighted by molar-refractivity contribution is 0.128. The van der Waals surface area contributed by atoms with Crippen LogP contribution in [0.25, 0.3) is 0 Å². The Kier molecular flexibility index (Phi) is 7.55. The summed E-state index contributed by atoms with van der Waals surface area (Å²) in [4.78, 5) is 4.67. The third kappa shape index (κ3) is 5.88. The fraction of sp³-hybridized carbons (Fsp3) is 0.688. The van der Waals surface area contributed by atoms with Crippen LogP contribution in [0.15, 0.2) is 12.1 Å². The van der Waals surface area contributed by atoms with Crippen molar-refractivity contribution in [2.75, 3.05) is 25.5 Å². The number of rotatable bonds is 9. The number of pyridine rings is 1. The monoisotopic (exact) mass is 279 g/mol. The van der Waals surface area contributed by atoms with Gasteiger partial charge in [-0.05, 0) is 43.5 Å². The molecule has 0 saturated carbocycles. The highest BCUT2D eigenvalue weighted by Crippen LogP contribution is 2.17. The molecule has 114 valence electrons. The molecule has 2 N–H and O–H groups in total. The minimum Gasteiger partial charge on any atom is -0.380 e. The van der Waals surface area contributed by atoms with Crippen molar-refractivity contribution >= 4 is 5.82 Å². The predicted octanol–water partition coefficient (Wildman–Crippen LogP) is 3.15. The molecule has 0 radical (unpaired) electrons. The fourth-order valence-corrected chi connectivity index (χ4v) is 1.84. The van der Waals surface area contributed by atoms with Crippen molar-refractivity contribution in [1.82, 2.24) is 10.3 Å². The Morgan fingerprint density at radius 2 is 2.00 bits per heavy atom. The second kappa shape index (κ2) is 8.93. The minimum absolute atomic E-state index is 0.182. The molecule has 1 rings (SSSR count). The number of aromatic nitrogens is 1. The molecule has 1 unspecified atom stereocenters. The molecule has 0 fully saturated rings. The summed E-state index contributed by atoms with van der Waals surface area (Å²) in [5.74, 6) is 1.37. The first-order valence-electron chi connectivity index (χ1n) is 7.55. The Morgan fingerprint density at radius 1 is 1.25 bits per heavy atom. The van der Waals surface area contributed by atoms with Gasteiger partial charge in [0.05, 0.1) is 6.10 Å². The molecular formula is C16H29N3O. The van der Waals surface area contributed by atoms with Crippen LogP contribution in [0.3, 0.4) is 0 Å². The van der Waals surface area contributed by atoms with Crippen LogP contribution < -0.4 is 10.6 Å². The number of nitrogens with one attached hydrogen (secondary N) is 2. The van der Waals surface area contributed by atoms with Crippen molar-refractivity contribution < 1.29 is 4.74 Å². The molecule has 1 heterocycles. The summed E-state index contributed by atoms with van der Waals surface area (Å²) in [6, 6.07) is 4.31. The molecule has 1 aromatic rings. The minimum atomic E-state index is 0.182. The molecule has 4 heteroatoms. The maximum Gasteiger partial charge on any atom is 0.126 e. The average Bonchev–Trinajstić information content (AvgIpc) is 2.44. The summed E-state index contributed by atoms with van der Waals surface area (Å²) in [7, 11) is 1.73. The van der Waals surface area contributed by atoms with Crippen molar-refractivity contribution in [3.8, 4) is 0 Å². The number of hydrogen-bond donors (Lipinski definition) is 2. The standard InChI is InChI=1S/C16H29N3O/c1-6-7-17-11-14-8-15(12(2)3)19-16(9-14)18-10-13(4)20-5/h8-9,12-13,17H,6-7,10-11H2,1-5H3,(H,18,19). The van der Waals surface area contributed by atoms with E-state index < -0.39 is 0 Å². The highest BCUT2D eigenvalue weighted by atomic mass is 16.5. The zero-order chi connectivity index (χ0) is 15.0. The Labute approximate surface area is 123 Å². The van der Waals surface area contributed by atoms with Gasteiger partial charge in [0.25, 0.3) is 0 Å². The Bertz CT molecular complexity index is 393. The second-order valence-corrected chi connectivity index (χ2v) is 5.54. The van der Waals surface area contributed by atoms with E-state index in [0.717, 1.165) is 37.6 Å². The van der Waals surface area contributed by atoms with E-state index in [-0.39, 0.29) is 6.10 Å². The van der Waals surface area contributed by atoms with Gasteiger partial charge in [-0.1, -0.05) is 20.8 Å². The molecule has 4 nitrogen and oxygen atoms in total. The summed E-state index contributed by atoms with van der Waals surface area (Å²) in [5, 5.41) is 6.80. The van der Waals surface area contributed by atoms with Gasteiger partial charge < -0.3 is 15.4 Å². The maximum absolute atomic E-state index is 5.26. The molecule has 0 amide bonds. The normalized spacial score (nSPS) is 12.7. The van der Waals surface area contributed by atoms with E-state index in [4.69, 9.17) is 4.74 Å². The summed E-state index contributed by atoms with van der Waals surface area (Å²) < 4.78 is 5.26. The fourth-order valence-electron chi connectivity index (χ4n) is 1.84. The Morgan fingerprint density at radius 3 is 2.60 bits per heavy atom. The van der Waals surface area contributed by atoms with Gasteiger partial charge >= 0.3 is 0 Å². The summed E-state index contributed by atoms with van der Waals surface area (Å²) in [6.45, 7) is 11.3. The zero-order valence-electron chi connectivity index (χ0n) is 13.5. The smallest absolute Gasteiger partial charge is 0.126 e. The van der Waals surface area contributed by atoms with Crippen molar-refractivity contribution in [1.29, 1.82) is 0 Å². The highest BCUT2D eigenvalue weighted by molar-refractivity contribution is 5.40. The van der Waals surface area contributed by atoms with E-state index in [1.807, 2.05) is 6.92 Å². The summed E-state index contributed by atoms with van der Waals surface area (Å²) >= 11 is 0. The lowest BCUT2D eigenvalue weighted by Gasteiger charge is -2.15. The van der Waals surface area contributed by atoms with Crippen LogP contribution in [0, 0.1) is 0 Å². The van der Waals surface area contributed by atoms with Gasteiger partial charge in [-0.3, -0.25) is 0 Å². The van der Waals surface area contributed by atoms with E-state index in [9.17, 15) is 0 Å². The van der Waals surface area contributed by atoms with Gasteiger partial charge in [0.2, 0.25) is 0 Å².